The van der Waals surface area contributed by atoms with Gasteiger partial charge in [-0.15, -0.1) is 0 Å². The third-order valence-corrected chi connectivity index (χ3v) is 11.2. The van der Waals surface area contributed by atoms with Crippen LogP contribution in [0.2, 0.25) is 0 Å². The monoisotopic (exact) mass is 794 g/mol. The number of halogens is 4. The molecule has 51 heavy (non-hydrogen) atoms. The number of hydrogen-bond acceptors (Lipinski definition) is 14. The molecule has 0 unspecified atom stereocenters. The standard InChI is InChI=1S/C32H30F4O14Se/c33-15-3-11-1-13(29(43)47-19(11)5-17(15)35)9-45-27-23(39)21(7-37)49-31(25(27)41)51-32-26(42)28(24(40)22(8-38)50-32)46-10-14-2-12-4-16(34)18(36)6-20(12)48-30(14)44/h1-6,21-28,31-32,37-42H,7-10H2/t21-,22-,23+,24+,25-,26-,27+,28+,31+,32+/m1/s1. The summed E-state index contributed by atoms with van der Waals surface area (Å²) in [6, 6.07) is 5.37. The number of rotatable bonds is 10. The molecule has 0 spiro atoms. The molecule has 276 valence electrons. The van der Waals surface area contributed by atoms with Crippen molar-refractivity contribution >= 4 is 36.9 Å². The van der Waals surface area contributed by atoms with E-state index in [1.165, 1.54) is 12.1 Å². The molecule has 10 atom stereocenters. The summed E-state index contributed by atoms with van der Waals surface area (Å²) in [6.45, 7) is -2.69. The van der Waals surface area contributed by atoms with Crippen molar-refractivity contribution in [2.45, 2.75) is 72.1 Å². The van der Waals surface area contributed by atoms with Gasteiger partial charge in [-0.1, -0.05) is 0 Å². The molecular weight excluding hydrogens is 763 g/mol. The van der Waals surface area contributed by atoms with Crippen LogP contribution in [0.4, 0.5) is 17.6 Å². The molecule has 0 bridgehead atoms. The summed E-state index contributed by atoms with van der Waals surface area (Å²) in [5.74, 6) is -4.85. The fraction of sp³-hybridized carbons (Fsp3) is 0.438. The molecule has 0 radical (unpaired) electrons. The summed E-state index contributed by atoms with van der Waals surface area (Å²) in [5, 5.41) is 61.4. The van der Waals surface area contributed by atoms with E-state index in [4.69, 9.17) is 27.8 Å². The molecule has 6 N–H and O–H groups in total. The van der Waals surface area contributed by atoms with E-state index >= 15 is 0 Å². The van der Waals surface area contributed by atoms with Gasteiger partial charge in [0.2, 0.25) is 0 Å². The quantitative estimate of drug-likeness (QED) is 0.0679. The van der Waals surface area contributed by atoms with E-state index in [-0.39, 0.29) is 33.1 Å². The van der Waals surface area contributed by atoms with Crippen LogP contribution in [0.25, 0.3) is 21.9 Å². The van der Waals surface area contributed by atoms with Crippen LogP contribution in [0.1, 0.15) is 11.1 Å². The van der Waals surface area contributed by atoms with Gasteiger partial charge in [-0.05, 0) is 0 Å². The number of benzene rings is 2. The van der Waals surface area contributed by atoms with Gasteiger partial charge in [0.1, 0.15) is 0 Å². The molecule has 2 aromatic carbocycles. The van der Waals surface area contributed by atoms with Crippen molar-refractivity contribution in [1.29, 1.82) is 0 Å². The fourth-order valence-corrected chi connectivity index (χ4v) is 8.49. The zero-order valence-corrected chi connectivity index (χ0v) is 27.6. The zero-order chi connectivity index (χ0) is 36.7. The predicted octanol–water partition coefficient (Wildman–Crippen LogP) is -0.491. The van der Waals surface area contributed by atoms with Crippen LogP contribution < -0.4 is 11.3 Å². The second-order valence-corrected chi connectivity index (χ2v) is 14.3. The number of fused-ring (bicyclic) bond motifs is 2. The first-order valence-electron chi connectivity index (χ1n) is 15.3. The van der Waals surface area contributed by atoms with Gasteiger partial charge < -0.3 is 0 Å². The van der Waals surface area contributed by atoms with E-state index in [0.717, 1.165) is 12.1 Å². The van der Waals surface area contributed by atoms with Gasteiger partial charge in [0, 0.05) is 0 Å². The minimum atomic E-state index is -1.68. The summed E-state index contributed by atoms with van der Waals surface area (Å²) in [7, 11) is 0. The van der Waals surface area contributed by atoms with Crippen molar-refractivity contribution in [3.8, 4) is 0 Å². The first-order valence-corrected chi connectivity index (χ1v) is 17.2. The van der Waals surface area contributed by atoms with Crippen LogP contribution in [-0.2, 0) is 32.2 Å². The Labute approximate surface area is 289 Å². The van der Waals surface area contributed by atoms with Gasteiger partial charge in [0.05, 0.1) is 0 Å². The molecule has 4 heterocycles. The second kappa shape index (κ2) is 15.4. The summed E-state index contributed by atoms with van der Waals surface area (Å²) < 4.78 is 87.6. The fourth-order valence-electron chi connectivity index (χ4n) is 5.74. The number of aliphatic hydroxyl groups is 6. The average Bonchev–Trinajstić information content (AvgIpc) is 3.09. The molecule has 4 aromatic rings. The number of ether oxygens (including phenoxy) is 4. The van der Waals surface area contributed by atoms with Gasteiger partial charge in [0.25, 0.3) is 0 Å². The maximum atomic E-state index is 13.8. The van der Waals surface area contributed by atoms with E-state index in [0.29, 0.717) is 12.1 Å². The Hall–Kier alpha value is -3.30. The Morgan fingerprint density at radius 2 is 0.961 bits per heavy atom. The van der Waals surface area contributed by atoms with Gasteiger partial charge >= 0.3 is 290 Å². The minimum absolute atomic E-state index is 0.0289. The Balaban J connectivity index is 1.18. The van der Waals surface area contributed by atoms with E-state index in [2.05, 4.69) is 0 Å². The van der Waals surface area contributed by atoms with Crippen LogP contribution in [0.15, 0.2) is 54.8 Å². The summed E-state index contributed by atoms with van der Waals surface area (Å²) in [5.41, 5.74) is -2.75. The van der Waals surface area contributed by atoms with E-state index in [9.17, 15) is 57.8 Å². The topological polar surface area (TPSA) is 219 Å². The third kappa shape index (κ3) is 7.61. The van der Waals surface area contributed by atoms with Crippen molar-refractivity contribution in [2.75, 3.05) is 13.2 Å². The Morgan fingerprint density at radius 3 is 1.33 bits per heavy atom. The second-order valence-electron chi connectivity index (χ2n) is 11.8. The van der Waals surface area contributed by atoms with Crippen LogP contribution in [-0.4, -0.2) is 118 Å². The number of aliphatic hydroxyl groups excluding tert-OH is 6. The molecule has 2 fully saturated rings. The summed E-state index contributed by atoms with van der Waals surface area (Å²) >= 11 is -1.16. The Morgan fingerprint density at radius 1 is 0.588 bits per heavy atom. The van der Waals surface area contributed by atoms with E-state index in [1.807, 2.05) is 0 Å². The predicted molar refractivity (Wildman–Crippen MR) is 163 cm³/mol. The van der Waals surface area contributed by atoms with Gasteiger partial charge in [0.15, 0.2) is 0 Å². The molecule has 2 aliphatic rings. The average molecular weight is 794 g/mol. The number of hydrogen-bond donors (Lipinski definition) is 6. The molecule has 0 aliphatic carbocycles. The molecule has 0 saturated carbocycles. The van der Waals surface area contributed by atoms with Gasteiger partial charge in [-0.3, -0.25) is 0 Å². The first kappa shape index (κ1) is 37.5. The van der Waals surface area contributed by atoms with Crippen molar-refractivity contribution < 1.29 is 76.0 Å². The summed E-state index contributed by atoms with van der Waals surface area (Å²) in [4.78, 5) is 25.0. The molecule has 14 nitrogen and oxygen atoms in total. The van der Waals surface area contributed by atoms with Crippen molar-refractivity contribution in [3.63, 3.8) is 0 Å². The molecule has 19 heteroatoms. The van der Waals surface area contributed by atoms with Crippen LogP contribution in [0.5, 0.6) is 0 Å². The van der Waals surface area contributed by atoms with Crippen LogP contribution in [0.3, 0.4) is 0 Å². The normalized spacial score (nSPS) is 29.9. The molecule has 6 rings (SSSR count). The Bertz CT molecular complexity index is 1870. The van der Waals surface area contributed by atoms with Gasteiger partial charge in [-0.25, -0.2) is 0 Å². The van der Waals surface area contributed by atoms with Crippen LogP contribution in [0, 0.1) is 23.3 Å². The third-order valence-electron chi connectivity index (χ3n) is 8.47. The summed E-state index contributed by atoms with van der Waals surface area (Å²) in [6.07, 6.45) is -12.3. The SMILES string of the molecule is O=c1oc2cc(F)c(F)cc2cc1CO[C@H]1[C@@H](O)[C@@H](CO)O[C@@H]([Se][C@@H]2O[C@H](CO)[C@H](O)[C@H](OCc3cc4cc(F)c(F)cc4oc3=O)[C@H]2O)[C@@H]1O. The molecule has 2 saturated heterocycles. The van der Waals surface area contributed by atoms with Gasteiger partial charge in [-0.2, -0.15) is 0 Å². The first-order chi connectivity index (χ1) is 24.3. The van der Waals surface area contributed by atoms with Crippen LogP contribution >= 0.6 is 0 Å². The van der Waals surface area contributed by atoms with Crippen molar-refractivity contribution in [1.82, 2.24) is 0 Å². The van der Waals surface area contributed by atoms with E-state index < -0.39 is 135 Å². The molecule has 2 aromatic heterocycles. The molecular formula is C32H30F4O14Se. The van der Waals surface area contributed by atoms with Crippen molar-refractivity contribution in [2.24, 2.45) is 0 Å². The molecule has 2 aliphatic heterocycles. The Kier molecular flexibility index (Phi) is 11.3. The zero-order valence-electron chi connectivity index (χ0n) is 25.9. The van der Waals surface area contributed by atoms with E-state index in [1.54, 1.807) is 0 Å². The molecule has 0 amide bonds. The van der Waals surface area contributed by atoms with Crippen molar-refractivity contribution in [3.05, 3.63) is 91.6 Å². The maximum absolute atomic E-state index is 13.8.